The van der Waals surface area contributed by atoms with Gasteiger partial charge >= 0.3 is 0 Å². The molecule has 0 aliphatic rings. The maximum absolute atomic E-state index is 12.6. The molecule has 0 saturated heterocycles. The molecular weight excluding hydrogens is 426 g/mol. The van der Waals surface area contributed by atoms with Crippen LogP contribution in [0.2, 0.25) is 5.02 Å². The first-order valence-electron chi connectivity index (χ1n) is 7.64. The predicted molar refractivity (Wildman–Crippen MR) is 104 cm³/mol. The van der Waals surface area contributed by atoms with E-state index in [2.05, 4.69) is 20.9 Å². The molecule has 0 atom stereocenters. The van der Waals surface area contributed by atoms with Gasteiger partial charge in [0.1, 0.15) is 6.54 Å². The van der Waals surface area contributed by atoms with Crippen LogP contribution >= 0.6 is 38.9 Å². The third-order valence-corrected chi connectivity index (χ3v) is 5.65. The molecule has 2 heterocycles. The lowest BCUT2D eigenvalue weighted by atomic mass is 10.2. The number of carbonyl (C=O) groups excluding carboxylic acids is 1. The maximum Gasteiger partial charge on any atom is 0.261 e. The molecule has 0 fully saturated rings. The fraction of sp³-hybridized carbons (Fsp3) is 0.235. The maximum atomic E-state index is 12.6. The van der Waals surface area contributed by atoms with Crippen LogP contribution in [0.15, 0.2) is 45.2 Å². The molecule has 130 valence electrons. The summed E-state index contributed by atoms with van der Waals surface area (Å²) >= 11 is 11.0. The highest BCUT2D eigenvalue weighted by Crippen LogP contribution is 2.23. The molecule has 1 amide bonds. The van der Waals surface area contributed by atoms with Gasteiger partial charge in [-0.2, -0.15) is 0 Å². The molecule has 1 aromatic carbocycles. The highest BCUT2D eigenvalue weighted by atomic mass is 79.9. The zero-order valence-electron chi connectivity index (χ0n) is 13.4. The standard InChI is InChI=1S/C17H15BrClN3O2S/c1-2-21(8-12-4-6-15(18)25-12)16(23)9-22-10-20-14-5-3-11(19)7-13(14)17(22)24/h3-7,10H,2,8-9H2,1H3. The summed E-state index contributed by atoms with van der Waals surface area (Å²) in [4.78, 5) is 32.2. The van der Waals surface area contributed by atoms with Crippen LogP contribution in [0.1, 0.15) is 11.8 Å². The van der Waals surface area contributed by atoms with Gasteiger partial charge in [0.25, 0.3) is 5.56 Å². The van der Waals surface area contributed by atoms with Gasteiger partial charge in [0.2, 0.25) is 5.91 Å². The van der Waals surface area contributed by atoms with Crippen LogP contribution in [0.3, 0.4) is 0 Å². The number of benzene rings is 1. The fourth-order valence-corrected chi connectivity index (χ4v) is 4.16. The van der Waals surface area contributed by atoms with Gasteiger partial charge in [-0.1, -0.05) is 11.6 Å². The molecule has 0 spiro atoms. The van der Waals surface area contributed by atoms with Crippen molar-refractivity contribution in [3.8, 4) is 0 Å². The van der Waals surface area contributed by atoms with Crippen LogP contribution in [0.4, 0.5) is 0 Å². The van der Waals surface area contributed by atoms with E-state index >= 15 is 0 Å². The lowest BCUT2D eigenvalue weighted by Gasteiger charge is -2.20. The molecule has 0 unspecified atom stereocenters. The average molecular weight is 441 g/mol. The number of likely N-dealkylation sites (N-methyl/N-ethyl adjacent to an activating group) is 1. The number of amides is 1. The molecule has 0 aliphatic carbocycles. The van der Waals surface area contributed by atoms with Crippen molar-refractivity contribution < 1.29 is 4.79 Å². The van der Waals surface area contributed by atoms with Crippen molar-refractivity contribution in [3.05, 3.63) is 60.7 Å². The number of halogens is 2. The molecule has 8 heteroatoms. The Bertz CT molecular complexity index is 985. The van der Waals surface area contributed by atoms with E-state index in [0.717, 1.165) is 8.66 Å². The fourth-order valence-electron chi connectivity index (χ4n) is 2.49. The van der Waals surface area contributed by atoms with Crippen LogP contribution < -0.4 is 5.56 Å². The van der Waals surface area contributed by atoms with Crippen LogP contribution in [0.25, 0.3) is 10.9 Å². The Morgan fingerprint density at radius 2 is 2.16 bits per heavy atom. The normalized spacial score (nSPS) is 11.0. The van der Waals surface area contributed by atoms with Crippen LogP contribution in [0.5, 0.6) is 0 Å². The predicted octanol–water partition coefficient (Wildman–Crippen LogP) is 3.92. The van der Waals surface area contributed by atoms with Crippen molar-refractivity contribution in [1.82, 2.24) is 14.5 Å². The van der Waals surface area contributed by atoms with Crippen molar-refractivity contribution in [2.75, 3.05) is 6.54 Å². The molecule has 25 heavy (non-hydrogen) atoms. The number of hydrogen-bond acceptors (Lipinski definition) is 4. The van der Waals surface area contributed by atoms with Crippen LogP contribution in [-0.2, 0) is 17.9 Å². The van der Waals surface area contributed by atoms with Gasteiger partial charge in [-0.15, -0.1) is 11.3 Å². The van der Waals surface area contributed by atoms with E-state index in [1.807, 2.05) is 19.1 Å². The minimum absolute atomic E-state index is 0.0470. The molecule has 2 aromatic heterocycles. The molecule has 3 rings (SSSR count). The SMILES string of the molecule is CCN(Cc1ccc(Br)s1)C(=O)Cn1cnc2ccc(Cl)cc2c1=O. The van der Waals surface area contributed by atoms with Gasteiger partial charge in [-0.05, 0) is 53.2 Å². The second-order valence-corrected chi connectivity index (χ2v) is 8.44. The molecule has 0 N–H and O–H groups in total. The zero-order chi connectivity index (χ0) is 18.0. The van der Waals surface area contributed by atoms with Crippen molar-refractivity contribution >= 4 is 55.7 Å². The first kappa shape index (κ1) is 18.1. The van der Waals surface area contributed by atoms with Gasteiger partial charge in [0.15, 0.2) is 0 Å². The van der Waals surface area contributed by atoms with E-state index in [1.54, 1.807) is 34.4 Å². The quantitative estimate of drug-likeness (QED) is 0.604. The number of aromatic nitrogens is 2. The van der Waals surface area contributed by atoms with Gasteiger partial charge < -0.3 is 4.90 Å². The Kier molecular flexibility index (Phi) is 5.56. The third kappa shape index (κ3) is 4.11. The van der Waals surface area contributed by atoms with Gasteiger partial charge in [0, 0.05) is 16.4 Å². The van der Waals surface area contributed by atoms with Gasteiger partial charge in [-0.3, -0.25) is 14.2 Å². The second-order valence-electron chi connectivity index (χ2n) is 5.45. The van der Waals surface area contributed by atoms with E-state index < -0.39 is 0 Å². The Morgan fingerprint density at radius 1 is 1.36 bits per heavy atom. The Balaban J connectivity index is 1.82. The average Bonchev–Trinajstić information content (AvgIpc) is 3.00. The lowest BCUT2D eigenvalue weighted by Crippen LogP contribution is -2.36. The monoisotopic (exact) mass is 439 g/mol. The molecule has 0 saturated carbocycles. The minimum Gasteiger partial charge on any atom is -0.336 e. The molecule has 0 bridgehead atoms. The van der Waals surface area contributed by atoms with E-state index in [0.29, 0.717) is 29.0 Å². The van der Waals surface area contributed by atoms with E-state index in [1.165, 1.54) is 10.9 Å². The van der Waals surface area contributed by atoms with Crippen molar-refractivity contribution in [1.29, 1.82) is 0 Å². The summed E-state index contributed by atoms with van der Waals surface area (Å²) in [5.74, 6) is -0.127. The van der Waals surface area contributed by atoms with Gasteiger partial charge in [0.05, 0.1) is 27.6 Å². The first-order valence-corrected chi connectivity index (χ1v) is 9.63. The van der Waals surface area contributed by atoms with E-state index in [9.17, 15) is 9.59 Å². The highest BCUT2D eigenvalue weighted by molar-refractivity contribution is 9.11. The van der Waals surface area contributed by atoms with E-state index in [-0.39, 0.29) is 18.0 Å². The summed E-state index contributed by atoms with van der Waals surface area (Å²) in [6.45, 7) is 2.96. The zero-order valence-corrected chi connectivity index (χ0v) is 16.6. The largest absolute Gasteiger partial charge is 0.336 e. The molecule has 0 aliphatic heterocycles. The summed E-state index contributed by atoms with van der Waals surface area (Å²) < 4.78 is 2.35. The minimum atomic E-state index is -0.268. The number of thiophene rings is 1. The molecular formula is C17H15BrClN3O2S. The van der Waals surface area contributed by atoms with Crippen LogP contribution in [0, 0.1) is 0 Å². The van der Waals surface area contributed by atoms with Crippen molar-refractivity contribution in [3.63, 3.8) is 0 Å². The summed E-state index contributed by atoms with van der Waals surface area (Å²) in [5.41, 5.74) is 0.296. The Morgan fingerprint density at radius 3 is 2.84 bits per heavy atom. The summed E-state index contributed by atoms with van der Waals surface area (Å²) in [7, 11) is 0. The molecule has 5 nitrogen and oxygen atoms in total. The summed E-state index contributed by atoms with van der Waals surface area (Å²) in [6.07, 6.45) is 1.41. The summed E-state index contributed by atoms with van der Waals surface area (Å²) in [6, 6.07) is 8.90. The smallest absolute Gasteiger partial charge is 0.261 e. The Labute approximate surface area is 162 Å². The lowest BCUT2D eigenvalue weighted by molar-refractivity contribution is -0.132. The number of fused-ring (bicyclic) bond motifs is 1. The summed E-state index contributed by atoms with van der Waals surface area (Å²) in [5, 5.41) is 0.877. The molecule has 0 radical (unpaired) electrons. The molecule has 3 aromatic rings. The highest BCUT2D eigenvalue weighted by Gasteiger charge is 2.15. The number of rotatable bonds is 5. The number of hydrogen-bond donors (Lipinski definition) is 0. The Hall–Kier alpha value is -1.70. The second kappa shape index (κ2) is 7.68. The van der Waals surface area contributed by atoms with Gasteiger partial charge in [-0.25, -0.2) is 4.98 Å². The topological polar surface area (TPSA) is 55.2 Å². The van der Waals surface area contributed by atoms with Crippen molar-refractivity contribution in [2.45, 2.75) is 20.0 Å². The number of nitrogens with zero attached hydrogens (tertiary/aromatic N) is 3. The first-order chi connectivity index (χ1) is 12.0. The van der Waals surface area contributed by atoms with E-state index in [4.69, 9.17) is 11.6 Å². The number of carbonyl (C=O) groups is 1. The van der Waals surface area contributed by atoms with Crippen LogP contribution in [-0.4, -0.2) is 26.9 Å². The van der Waals surface area contributed by atoms with Crippen molar-refractivity contribution in [2.24, 2.45) is 0 Å². The third-order valence-electron chi connectivity index (χ3n) is 3.80.